The van der Waals surface area contributed by atoms with Crippen LogP contribution in [-0.2, 0) is 11.2 Å². The van der Waals surface area contributed by atoms with Gasteiger partial charge in [0.15, 0.2) is 5.78 Å². The molecule has 0 fully saturated rings. The molecule has 2 heterocycles. The van der Waals surface area contributed by atoms with Gasteiger partial charge < -0.3 is 9.72 Å². The molecule has 5 heteroatoms. The highest BCUT2D eigenvalue weighted by molar-refractivity contribution is 5.94. The van der Waals surface area contributed by atoms with E-state index in [1.54, 1.807) is 6.92 Å². The molecule has 5 rings (SSSR count). The number of pyridine rings is 1. The Labute approximate surface area is 210 Å². The van der Waals surface area contributed by atoms with Crippen molar-refractivity contribution in [3.8, 4) is 22.4 Å². The highest BCUT2D eigenvalue weighted by Crippen LogP contribution is 2.28. The lowest BCUT2D eigenvalue weighted by molar-refractivity contribution is -0.116. The van der Waals surface area contributed by atoms with Crippen LogP contribution in [0.5, 0.6) is 0 Å². The number of amides is 1. The maximum atomic E-state index is 12.8. The van der Waals surface area contributed by atoms with Gasteiger partial charge in [-0.1, -0.05) is 72.3 Å². The molecule has 0 aliphatic rings. The molecule has 0 bridgehead atoms. The van der Waals surface area contributed by atoms with Crippen molar-refractivity contribution in [1.82, 2.24) is 9.38 Å². The number of carbonyl (C=O) groups is 2. The molecule has 1 amide bonds. The van der Waals surface area contributed by atoms with Crippen molar-refractivity contribution in [3.63, 3.8) is 0 Å². The van der Waals surface area contributed by atoms with E-state index in [-0.39, 0.29) is 11.7 Å². The topological polar surface area (TPSA) is 63.5 Å². The van der Waals surface area contributed by atoms with E-state index in [0.717, 1.165) is 45.0 Å². The number of rotatable bonds is 7. The number of hydrogen-bond acceptors (Lipinski definition) is 3. The molecule has 3 aromatic carbocycles. The van der Waals surface area contributed by atoms with Gasteiger partial charge in [-0.25, -0.2) is 4.98 Å². The van der Waals surface area contributed by atoms with Crippen LogP contribution in [0, 0.1) is 6.92 Å². The molecule has 0 atom stereocenters. The van der Waals surface area contributed by atoms with Gasteiger partial charge in [-0.2, -0.15) is 0 Å². The molecule has 0 aliphatic heterocycles. The first kappa shape index (κ1) is 23.2. The van der Waals surface area contributed by atoms with Crippen LogP contribution in [-0.4, -0.2) is 21.1 Å². The van der Waals surface area contributed by atoms with Crippen molar-refractivity contribution in [2.45, 2.75) is 26.7 Å². The Balaban J connectivity index is 1.48. The summed E-state index contributed by atoms with van der Waals surface area (Å²) in [6.07, 6.45) is 2.93. The summed E-state index contributed by atoms with van der Waals surface area (Å²) in [5, 5.41) is 2.99. The Bertz CT molecular complexity index is 1530. The number of Topliss-reactive ketones (excluding diaryl/α,β-unsaturated/α-hetero) is 1. The van der Waals surface area contributed by atoms with Crippen LogP contribution >= 0.6 is 0 Å². The van der Waals surface area contributed by atoms with Crippen LogP contribution in [0.4, 0.5) is 5.69 Å². The predicted molar refractivity (Wildman–Crippen MR) is 144 cm³/mol. The summed E-state index contributed by atoms with van der Waals surface area (Å²) in [5.41, 5.74) is 8.37. The minimum atomic E-state index is -0.0382. The Morgan fingerprint density at radius 2 is 1.50 bits per heavy atom. The number of aryl methyl sites for hydroxylation is 2. The number of aromatic nitrogens is 2. The summed E-state index contributed by atoms with van der Waals surface area (Å²) in [6, 6.07) is 29.5. The van der Waals surface area contributed by atoms with E-state index in [1.165, 1.54) is 0 Å². The van der Waals surface area contributed by atoms with Gasteiger partial charge in [0.1, 0.15) is 5.65 Å². The number of fused-ring (bicyclic) bond motifs is 1. The van der Waals surface area contributed by atoms with E-state index in [1.807, 2.05) is 97.9 Å². The number of benzene rings is 3. The van der Waals surface area contributed by atoms with Crippen molar-refractivity contribution in [2.24, 2.45) is 0 Å². The van der Waals surface area contributed by atoms with Gasteiger partial charge in [0.05, 0.1) is 11.4 Å². The lowest BCUT2D eigenvalue weighted by atomic mass is 10.0. The molecule has 0 radical (unpaired) electrons. The van der Waals surface area contributed by atoms with Gasteiger partial charge in [0.2, 0.25) is 5.91 Å². The predicted octanol–water partition coefficient (Wildman–Crippen LogP) is 6.75. The third-order valence-corrected chi connectivity index (χ3v) is 6.31. The second-order valence-corrected chi connectivity index (χ2v) is 8.97. The quantitative estimate of drug-likeness (QED) is 0.266. The molecule has 0 spiro atoms. The monoisotopic (exact) mass is 473 g/mol. The van der Waals surface area contributed by atoms with Crippen LogP contribution in [0.15, 0.2) is 97.2 Å². The fourth-order valence-electron chi connectivity index (χ4n) is 4.32. The minimum absolute atomic E-state index is 0.0382. The Hall–Kier alpha value is -4.51. The number of nitrogens with zero attached hydrogens (tertiary/aromatic N) is 2. The minimum Gasteiger partial charge on any atom is -0.326 e. The molecular formula is C31H27N3O2. The molecule has 1 N–H and O–H groups in total. The molecular weight excluding hydrogens is 446 g/mol. The van der Waals surface area contributed by atoms with E-state index in [0.29, 0.717) is 18.4 Å². The zero-order valence-electron chi connectivity index (χ0n) is 20.4. The Morgan fingerprint density at radius 3 is 2.19 bits per heavy atom. The maximum Gasteiger partial charge on any atom is 0.224 e. The molecule has 178 valence electrons. The first-order valence-electron chi connectivity index (χ1n) is 12.0. The van der Waals surface area contributed by atoms with Crippen LogP contribution < -0.4 is 5.32 Å². The normalized spacial score (nSPS) is 10.9. The van der Waals surface area contributed by atoms with Gasteiger partial charge in [0.25, 0.3) is 0 Å². The summed E-state index contributed by atoms with van der Waals surface area (Å²) in [4.78, 5) is 29.4. The van der Waals surface area contributed by atoms with Crippen LogP contribution in [0.2, 0.25) is 0 Å². The zero-order valence-corrected chi connectivity index (χ0v) is 20.4. The first-order valence-corrected chi connectivity index (χ1v) is 12.0. The standard InChI is InChI=1S/C31H27N3O2/c1-21-8-15-27(16-9-21)32-30(36)19-17-28-31(25-6-4-3-5-7-25)33-29-18-14-26(20-34(28)29)24-12-10-23(11-13-24)22(2)35/h3-16,18,20H,17,19H2,1-2H3,(H,32,36). The molecule has 0 aliphatic carbocycles. The summed E-state index contributed by atoms with van der Waals surface area (Å²) in [7, 11) is 0. The smallest absolute Gasteiger partial charge is 0.224 e. The van der Waals surface area contributed by atoms with Gasteiger partial charge in [-0.15, -0.1) is 0 Å². The van der Waals surface area contributed by atoms with E-state index in [2.05, 4.69) is 15.9 Å². The number of ketones is 1. The van der Waals surface area contributed by atoms with Crippen LogP contribution in [0.25, 0.3) is 28.0 Å². The van der Waals surface area contributed by atoms with Gasteiger partial charge in [-0.05, 0) is 55.7 Å². The summed E-state index contributed by atoms with van der Waals surface area (Å²) in [6.45, 7) is 3.59. The SMILES string of the molecule is CC(=O)c1ccc(-c2ccc3nc(-c4ccccc4)c(CCC(=O)Nc4ccc(C)cc4)n3c2)cc1. The number of anilines is 1. The second kappa shape index (κ2) is 10.0. The second-order valence-electron chi connectivity index (χ2n) is 8.97. The Morgan fingerprint density at radius 1 is 0.806 bits per heavy atom. The molecule has 36 heavy (non-hydrogen) atoms. The van der Waals surface area contributed by atoms with Crippen LogP contribution in [0.1, 0.15) is 35.0 Å². The van der Waals surface area contributed by atoms with Crippen molar-refractivity contribution >= 4 is 23.0 Å². The molecule has 5 aromatic rings. The molecule has 0 saturated heterocycles. The van der Waals surface area contributed by atoms with Gasteiger partial charge in [0, 0.05) is 29.4 Å². The third kappa shape index (κ3) is 4.96. The lowest BCUT2D eigenvalue weighted by Crippen LogP contribution is -2.13. The van der Waals surface area contributed by atoms with E-state index >= 15 is 0 Å². The summed E-state index contributed by atoms with van der Waals surface area (Å²) >= 11 is 0. The average Bonchev–Trinajstić information content (AvgIpc) is 3.27. The highest BCUT2D eigenvalue weighted by atomic mass is 16.1. The fourth-order valence-corrected chi connectivity index (χ4v) is 4.32. The number of imidazole rings is 1. The highest BCUT2D eigenvalue weighted by Gasteiger charge is 2.16. The first-order chi connectivity index (χ1) is 17.5. The third-order valence-electron chi connectivity index (χ3n) is 6.31. The molecule has 2 aromatic heterocycles. The van der Waals surface area contributed by atoms with Gasteiger partial charge in [-0.3, -0.25) is 9.59 Å². The van der Waals surface area contributed by atoms with Crippen LogP contribution in [0.3, 0.4) is 0 Å². The van der Waals surface area contributed by atoms with E-state index in [9.17, 15) is 9.59 Å². The van der Waals surface area contributed by atoms with Crippen molar-refractivity contribution in [3.05, 3.63) is 114 Å². The van der Waals surface area contributed by atoms with Gasteiger partial charge >= 0.3 is 0 Å². The largest absolute Gasteiger partial charge is 0.326 e. The fraction of sp³-hybridized carbons (Fsp3) is 0.129. The van der Waals surface area contributed by atoms with E-state index < -0.39 is 0 Å². The average molecular weight is 474 g/mol. The van der Waals surface area contributed by atoms with Crippen molar-refractivity contribution in [2.75, 3.05) is 5.32 Å². The van der Waals surface area contributed by atoms with Crippen molar-refractivity contribution < 1.29 is 9.59 Å². The zero-order chi connectivity index (χ0) is 25.1. The molecule has 5 nitrogen and oxygen atoms in total. The molecule has 0 saturated carbocycles. The maximum absolute atomic E-state index is 12.8. The number of carbonyl (C=O) groups excluding carboxylic acids is 2. The van der Waals surface area contributed by atoms with E-state index in [4.69, 9.17) is 4.98 Å². The lowest BCUT2D eigenvalue weighted by Gasteiger charge is -2.09. The van der Waals surface area contributed by atoms with Crippen molar-refractivity contribution in [1.29, 1.82) is 0 Å². The summed E-state index contributed by atoms with van der Waals surface area (Å²) < 4.78 is 2.08. The Kier molecular flexibility index (Phi) is 6.46. The molecule has 0 unspecified atom stereocenters. The number of hydrogen-bond donors (Lipinski definition) is 1. The summed E-state index contributed by atoms with van der Waals surface area (Å²) in [5.74, 6) is 0.00843. The number of nitrogens with one attached hydrogen (secondary N) is 1.